The first-order chi connectivity index (χ1) is 27.3. The summed E-state index contributed by atoms with van der Waals surface area (Å²) in [5.41, 5.74) is 5.47. The third kappa shape index (κ3) is 14.7. The summed E-state index contributed by atoms with van der Waals surface area (Å²) in [4.78, 5) is 121. The molecule has 11 atom stereocenters. The van der Waals surface area contributed by atoms with E-state index in [1.54, 1.807) is 41.5 Å². The van der Waals surface area contributed by atoms with Crippen LogP contribution in [0, 0.1) is 17.8 Å². The van der Waals surface area contributed by atoms with Crippen LogP contribution < -0.4 is 43.0 Å². The van der Waals surface area contributed by atoms with E-state index < -0.39 is 143 Å². The number of fused-ring (bicyclic) bond motifs is 1. The minimum Gasteiger partial charge on any atom is -0.616 e. The number of carbonyl (C=O) groups is 9. The number of nitrogens with one attached hydrogen (secondary N) is 7. The third-order valence-electron chi connectivity index (χ3n) is 10.8. The molecule has 10 N–H and O–H groups in total. The van der Waals surface area contributed by atoms with E-state index in [0.717, 1.165) is 4.90 Å². The molecule has 20 nitrogen and oxygen atoms in total. The molecule has 0 radical (unpaired) electrons. The van der Waals surface area contributed by atoms with E-state index in [1.807, 2.05) is 6.92 Å². The van der Waals surface area contributed by atoms with Crippen LogP contribution in [0.25, 0.3) is 0 Å². The van der Waals surface area contributed by atoms with E-state index in [9.17, 15) is 52.8 Å². The molecular formula is C37H63N9O11S. The van der Waals surface area contributed by atoms with E-state index in [4.69, 9.17) is 5.73 Å². The van der Waals surface area contributed by atoms with Crippen molar-refractivity contribution in [2.75, 3.05) is 31.9 Å². The van der Waals surface area contributed by atoms with Crippen LogP contribution in [0.4, 0.5) is 0 Å². The predicted molar refractivity (Wildman–Crippen MR) is 212 cm³/mol. The summed E-state index contributed by atoms with van der Waals surface area (Å²) in [6.07, 6.45) is -0.712. The molecule has 0 aromatic carbocycles. The van der Waals surface area contributed by atoms with Crippen LogP contribution in [0.5, 0.6) is 0 Å². The van der Waals surface area contributed by atoms with Gasteiger partial charge in [0.1, 0.15) is 35.2 Å². The number of amides is 9. The Hall–Kier alpha value is -4.50. The average Bonchev–Trinajstić information content (AvgIpc) is 3.59. The first kappa shape index (κ1) is 49.6. The summed E-state index contributed by atoms with van der Waals surface area (Å²) < 4.78 is 13.2. The molecule has 2 heterocycles. The summed E-state index contributed by atoms with van der Waals surface area (Å²) in [6, 6.07) is -6.92. The lowest BCUT2D eigenvalue weighted by Crippen LogP contribution is -2.60. The van der Waals surface area contributed by atoms with Crippen molar-refractivity contribution in [2.45, 2.75) is 129 Å². The molecule has 2 rings (SSSR count). The van der Waals surface area contributed by atoms with E-state index in [1.165, 1.54) is 0 Å². The number of aliphatic hydroxyl groups is 1. The Morgan fingerprint density at radius 2 is 1.36 bits per heavy atom. The highest BCUT2D eigenvalue weighted by molar-refractivity contribution is 7.92. The fourth-order valence-electron chi connectivity index (χ4n) is 6.40. The summed E-state index contributed by atoms with van der Waals surface area (Å²) in [5.74, 6) is -9.27. The molecule has 2 saturated heterocycles. The van der Waals surface area contributed by atoms with Gasteiger partial charge < -0.3 is 57.5 Å². The Morgan fingerprint density at radius 1 is 0.759 bits per heavy atom. The first-order valence-electron chi connectivity index (χ1n) is 19.9. The second-order valence-electron chi connectivity index (χ2n) is 15.1. The summed E-state index contributed by atoms with van der Waals surface area (Å²) in [6.45, 7) is 10.5. The van der Waals surface area contributed by atoms with Gasteiger partial charge in [-0.05, 0) is 42.8 Å². The summed E-state index contributed by atoms with van der Waals surface area (Å²) in [7, 11) is 0. The van der Waals surface area contributed by atoms with Gasteiger partial charge in [-0.2, -0.15) is 0 Å². The smallest absolute Gasteiger partial charge is 0.248 e. The molecule has 328 valence electrons. The van der Waals surface area contributed by atoms with E-state index in [0.29, 0.717) is 19.3 Å². The second kappa shape index (κ2) is 23.8. The molecule has 3 unspecified atom stereocenters. The maximum Gasteiger partial charge on any atom is 0.248 e. The summed E-state index contributed by atoms with van der Waals surface area (Å²) in [5, 5.41) is 27.9. The first-order valence-corrected chi connectivity index (χ1v) is 21.3. The molecular weight excluding hydrogens is 779 g/mol. The van der Waals surface area contributed by atoms with Gasteiger partial charge in [0.15, 0.2) is 6.04 Å². The lowest BCUT2D eigenvalue weighted by atomic mass is 9.90. The number of carbonyl (C=O) groups excluding carboxylic acids is 9. The quantitative estimate of drug-likeness (QED) is 0.0933. The molecule has 0 aliphatic carbocycles. The van der Waals surface area contributed by atoms with Crippen LogP contribution >= 0.6 is 0 Å². The maximum atomic E-state index is 14.1. The van der Waals surface area contributed by atoms with Crippen molar-refractivity contribution < 1.29 is 52.8 Å². The van der Waals surface area contributed by atoms with Crippen molar-refractivity contribution in [1.29, 1.82) is 0 Å². The van der Waals surface area contributed by atoms with Crippen LogP contribution in [0.1, 0.15) is 87.0 Å². The van der Waals surface area contributed by atoms with Crippen LogP contribution in [-0.4, -0.2) is 141 Å². The van der Waals surface area contributed by atoms with Crippen molar-refractivity contribution in [3.05, 3.63) is 0 Å². The van der Waals surface area contributed by atoms with Crippen LogP contribution in [-0.2, 0) is 54.3 Å². The van der Waals surface area contributed by atoms with Crippen LogP contribution in [0.15, 0.2) is 0 Å². The zero-order valence-corrected chi connectivity index (χ0v) is 35.3. The fourth-order valence-corrected chi connectivity index (χ4v) is 7.66. The molecule has 0 spiro atoms. The van der Waals surface area contributed by atoms with Gasteiger partial charge in [0, 0.05) is 19.5 Å². The van der Waals surface area contributed by atoms with Crippen molar-refractivity contribution in [1.82, 2.24) is 42.1 Å². The van der Waals surface area contributed by atoms with Crippen LogP contribution in [0.3, 0.4) is 0 Å². The predicted octanol–water partition coefficient (Wildman–Crippen LogP) is -3.21. The molecule has 21 heteroatoms. The van der Waals surface area contributed by atoms with Crippen molar-refractivity contribution >= 4 is 64.3 Å². The molecule has 0 saturated carbocycles. The Balaban J connectivity index is 2.60. The van der Waals surface area contributed by atoms with Gasteiger partial charge in [0.05, 0.1) is 31.5 Å². The zero-order valence-electron chi connectivity index (χ0n) is 34.5. The Labute approximate surface area is 342 Å². The largest absolute Gasteiger partial charge is 0.616 e. The fraction of sp³-hybridized carbons (Fsp3) is 0.757. The maximum absolute atomic E-state index is 14.1. The van der Waals surface area contributed by atoms with E-state index >= 15 is 0 Å². The van der Waals surface area contributed by atoms with Gasteiger partial charge in [-0.3, -0.25) is 43.2 Å². The van der Waals surface area contributed by atoms with Gasteiger partial charge in [-0.1, -0.05) is 54.4 Å². The monoisotopic (exact) mass is 841 g/mol. The van der Waals surface area contributed by atoms with Crippen molar-refractivity contribution in [3.8, 4) is 0 Å². The standard InChI is InChI=1S/C37H63N9O11S/c1-8-19(5)23-14-39-29(49)15-41-33(52)24(11-4)43-36(55)31(20(6)9-2)45-35(54)27-12-22(47)17-46(27)37(56)25(13-28(38)48)44-34(53)26(18-58(57)21(7)10-3)42-30(50)16-40-32(23)51/h19-27,31,47H,8-18H2,1-7H3,(H2,38,48)(H,39,49)(H,40,51)(H,41,52)(H,42,50)(H,43,55)(H,44,53)(H,45,54)/t19-,20-,21?,22+,23?,24-,25?,26-,27-,31-,58-/m0/s1. The van der Waals surface area contributed by atoms with E-state index in [-0.39, 0.29) is 31.8 Å². The molecule has 0 bridgehead atoms. The Bertz CT molecular complexity index is 1500. The summed E-state index contributed by atoms with van der Waals surface area (Å²) >= 11 is -1.67. The number of aliphatic hydroxyl groups excluding tert-OH is 1. The van der Waals surface area contributed by atoms with Crippen molar-refractivity contribution in [3.63, 3.8) is 0 Å². The van der Waals surface area contributed by atoms with Crippen molar-refractivity contribution in [2.24, 2.45) is 23.5 Å². The van der Waals surface area contributed by atoms with Gasteiger partial charge in [-0.25, -0.2) is 0 Å². The molecule has 0 aromatic heterocycles. The number of rotatable bonds is 11. The third-order valence-corrected chi connectivity index (χ3v) is 12.7. The average molecular weight is 842 g/mol. The zero-order chi connectivity index (χ0) is 43.9. The number of primary amides is 1. The number of nitrogens with two attached hydrogens (primary N) is 1. The molecule has 58 heavy (non-hydrogen) atoms. The highest BCUT2D eigenvalue weighted by Gasteiger charge is 2.44. The molecule has 2 aliphatic heterocycles. The van der Waals surface area contributed by atoms with Gasteiger partial charge in [0.2, 0.25) is 53.2 Å². The molecule has 9 amide bonds. The van der Waals surface area contributed by atoms with Gasteiger partial charge in [-0.15, -0.1) is 0 Å². The molecule has 0 aromatic rings. The highest BCUT2D eigenvalue weighted by atomic mass is 32.2. The Kier molecular flexibility index (Phi) is 20.4. The van der Waals surface area contributed by atoms with Gasteiger partial charge in [0.25, 0.3) is 0 Å². The van der Waals surface area contributed by atoms with Gasteiger partial charge >= 0.3 is 0 Å². The Morgan fingerprint density at radius 3 is 1.95 bits per heavy atom. The highest BCUT2D eigenvalue weighted by Crippen LogP contribution is 2.22. The normalized spacial score (nSPS) is 28.7. The SMILES string of the molecule is CCC(C)[S@@+]([O-])C[C@@H]1NC(=O)CNC(=O)C([C@@H](C)CC)CNC(=O)CNC(=O)[C@H](CC)NC(=O)[C@H]([C@@H](C)CC)NC(=O)[C@@H]2C[C@@H](O)CN2C(=O)C(CC(N)=O)NC1=O. The lowest BCUT2D eigenvalue weighted by molar-refractivity contribution is -0.143. The number of hydrogen-bond acceptors (Lipinski definition) is 11. The molecule has 2 fully saturated rings. The second-order valence-corrected chi connectivity index (χ2v) is 17.0. The van der Waals surface area contributed by atoms with Crippen LogP contribution in [0.2, 0.25) is 0 Å². The number of hydrogen-bond donors (Lipinski definition) is 9. The minimum atomic E-state index is -1.69. The van der Waals surface area contributed by atoms with E-state index in [2.05, 4.69) is 37.2 Å². The topological polar surface area (TPSA) is 310 Å². The minimum absolute atomic E-state index is 0.114. The number of nitrogens with zero attached hydrogens (tertiary/aromatic N) is 1. The lowest BCUT2D eigenvalue weighted by Gasteiger charge is -2.31. The molecule has 2 aliphatic rings.